The van der Waals surface area contributed by atoms with Crippen molar-refractivity contribution in [2.24, 2.45) is 0 Å². The lowest BCUT2D eigenvalue weighted by Gasteiger charge is -2.04. The second-order valence-corrected chi connectivity index (χ2v) is 4.55. The number of carbonyl (C=O) groups is 1. The van der Waals surface area contributed by atoms with Crippen LogP contribution in [0.1, 0.15) is 0 Å². The van der Waals surface area contributed by atoms with Gasteiger partial charge in [0.25, 0.3) is 5.56 Å². The summed E-state index contributed by atoms with van der Waals surface area (Å²) in [5.74, 6) is -0.648. The van der Waals surface area contributed by atoms with E-state index in [0.29, 0.717) is 10.8 Å². The molecule has 1 heterocycles. The molecule has 98 valence electrons. The molecule has 1 aromatic heterocycles. The molecule has 0 fully saturated rings. The van der Waals surface area contributed by atoms with E-state index in [2.05, 4.69) is 15.3 Å². The van der Waals surface area contributed by atoms with Gasteiger partial charge in [0.15, 0.2) is 5.16 Å². The van der Waals surface area contributed by atoms with Gasteiger partial charge in [-0.25, -0.2) is 9.37 Å². The Labute approximate surface area is 112 Å². The van der Waals surface area contributed by atoms with Crippen molar-refractivity contribution in [3.05, 3.63) is 52.7 Å². The summed E-state index contributed by atoms with van der Waals surface area (Å²) < 4.78 is 12.9. The van der Waals surface area contributed by atoms with Crippen LogP contribution in [0.5, 0.6) is 0 Å². The largest absolute Gasteiger partial charge is 0.325 e. The highest BCUT2D eigenvalue weighted by Crippen LogP contribution is 2.12. The van der Waals surface area contributed by atoms with E-state index in [1.54, 1.807) is 6.07 Å². The van der Waals surface area contributed by atoms with Crippen LogP contribution in [0.4, 0.5) is 10.1 Å². The Morgan fingerprint density at radius 1 is 1.42 bits per heavy atom. The second kappa shape index (κ2) is 6.14. The van der Waals surface area contributed by atoms with Crippen LogP contribution in [0.25, 0.3) is 0 Å². The Hall–Kier alpha value is -2.15. The first-order valence-corrected chi connectivity index (χ1v) is 6.35. The lowest BCUT2D eigenvalue weighted by atomic mass is 10.3. The number of H-pyrrole nitrogens is 1. The minimum atomic E-state index is -0.417. The van der Waals surface area contributed by atoms with E-state index >= 15 is 0 Å². The van der Waals surface area contributed by atoms with Crippen molar-refractivity contribution < 1.29 is 9.18 Å². The van der Waals surface area contributed by atoms with Crippen LogP contribution in [0, 0.1) is 5.82 Å². The van der Waals surface area contributed by atoms with E-state index in [1.165, 1.54) is 30.5 Å². The highest BCUT2D eigenvalue weighted by atomic mass is 32.2. The molecule has 0 bridgehead atoms. The summed E-state index contributed by atoms with van der Waals surface area (Å²) in [5, 5.41) is 2.91. The SMILES string of the molecule is O=C(CSc1nccc(=O)[nH]1)Nc1cccc(F)c1. The number of hydrogen-bond donors (Lipinski definition) is 2. The first-order chi connectivity index (χ1) is 9.13. The standard InChI is InChI=1S/C12H10FN3O2S/c13-8-2-1-3-9(6-8)15-11(18)7-19-12-14-5-4-10(17)16-12/h1-6H,7H2,(H,15,18)(H,14,16,17). The van der Waals surface area contributed by atoms with Gasteiger partial charge in [-0.15, -0.1) is 0 Å². The number of amides is 1. The number of benzene rings is 1. The number of anilines is 1. The first kappa shape index (κ1) is 13.3. The number of aromatic amines is 1. The Bertz CT molecular complexity index is 645. The zero-order valence-electron chi connectivity index (χ0n) is 9.72. The molecule has 5 nitrogen and oxygen atoms in total. The molecular weight excluding hydrogens is 269 g/mol. The normalized spacial score (nSPS) is 10.2. The fourth-order valence-corrected chi connectivity index (χ4v) is 1.97. The van der Waals surface area contributed by atoms with E-state index in [4.69, 9.17) is 0 Å². The van der Waals surface area contributed by atoms with Gasteiger partial charge in [0.2, 0.25) is 5.91 Å². The lowest BCUT2D eigenvalue weighted by Crippen LogP contribution is -2.15. The Balaban J connectivity index is 1.90. The molecule has 2 N–H and O–H groups in total. The molecule has 19 heavy (non-hydrogen) atoms. The van der Waals surface area contributed by atoms with Crippen LogP contribution in [0.2, 0.25) is 0 Å². The zero-order valence-corrected chi connectivity index (χ0v) is 10.5. The molecule has 0 saturated heterocycles. The van der Waals surface area contributed by atoms with Gasteiger partial charge in [0.1, 0.15) is 5.82 Å². The second-order valence-electron chi connectivity index (χ2n) is 3.59. The molecule has 7 heteroatoms. The van der Waals surface area contributed by atoms with Crippen molar-refractivity contribution in [2.75, 3.05) is 11.1 Å². The molecule has 0 saturated carbocycles. The third-order valence-corrected chi connectivity index (χ3v) is 2.98. The monoisotopic (exact) mass is 279 g/mol. The third-order valence-electron chi connectivity index (χ3n) is 2.10. The molecule has 1 aromatic carbocycles. The summed E-state index contributed by atoms with van der Waals surface area (Å²) in [5.41, 5.74) is 0.114. The molecular formula is C12H10FN3O2S. The van der Waals surface area contributed by atoms with E-state index in [1.807, 2.05) is 0 Å². The predicted molar refractivity (Wildman–Crippen MR) is 70.6 cm³/mol. The molecule has 0 spiro atoms. The molecule has 0 radical (unpaired) electrons. The maximum Gasteiger partial charge on any atom is 0.251 e. The van der Waals surface area contributed by atoms with Crippen molar-refractivity contribution in [1.29, 1.82) is 0 Å². The summed E-state index contributed by atoms with van der Waals surface area (Å²) in [6.45, 7) is 0. The minimum absolute atomic E-state index is 0.0729. The average Bonchev–Trinajstić information content (AvgIpc) is 2.36. The molecule has 2 aromatic rings. The van der Waals surface area contributed by atoms with Crippen LogP contribution >= 0.6 is 11.8 Å². The molecule has 0 aliphatic rings. The summed E-state index contributed by atoms with van der Waals surface area (Å²) >= 11 is 1.09. The van der Waals surface area contributed by atoms with Crippen molar-refractivity contribution >= 4 is 23.4 Å². The van der Waals surface area contributed by atoms with E-state index < -0.39 is 5.82 Å². The number of hydrogen-bond acceptors (Lipinski definition) is 4. The Kier molecular flexibility index (Phi) is 4.30. The Morgan fingerprint density at radius 3 is 3.00 bits per heavy atom. The van der Waals surface area contributed by atoms with Gasteiger partial charge in [-0.1, -0.05) is 17.8 Å². The fraction of sp³-hybridized carbons (Fsp3) is 0.0833. The van der Waals surface area contributed by atoms with Gasteiger partial charge in [-0.3, -0.25) is 9.59 Å². The number of halogens is 1. The lowest BCUT2D eigenvalue weighted by molar-refractivity contribution is -0.113. The fourth-order valence-electron chi connectivity index (χ4n) is 1.32. The van der Waals surface area contributed by atoms with Gasteiger partial charge < -0.3 is 10.3 Å². The van der Waals surface area contributed by atoms with Gasteiger partial charge in [0, 0.05) is 18.0 Å². The van der Waals surface area contributed by atoms with E-state index in [9.17, 15) is 14.0 Å². The topological polar surface area (TPSA) is 74.8 Å². The summed E-state index contributed by atoms with van der Waals surface area (Å²) in [4.78, 5) is 29.0. The number of aromatic nitrogens is 2. The number of nitrogens with one attached hydrogen (secondary N) is 2. The minimum Gasteiger partial charge on any atom is -0.325 e. The number of carbonyl (C=O) groups excluding carboxylic acids is 1. The average molecular weight is 279 g/mol. The van der Waals surface area contributed by atoms with Crippen LogP contribution in [-0.4, -0.2) is 21.6 Å². The van der Waals surface area contributed by atoms with Gasteiger partial charge in [-0.2, -0.15) is 0 Å². The molecule has 0 aliphatic heterocycles. The number of thioether (sulfide) groups is 1. The summed E-state index contributed by atoms with van der Waals surface area (Å²) in [7, 11) is 0. The summed E-state index contributed by atoms with van der Waals surface area (Å²) in [6.07, 6.45) is 1.37. The smallest absolute Gasteiger partial charge is 0.251 e. The van der Waals surface area contributed by atoms with Crippen LogP contribution in [-0.2, 0) is 4.79 Å². The van der Waals surface area contributed by atoms with E-state index in [-0.39, 0.29) is 17.2 Å². The van der Waals surface area contributed by atoms with Gasteiger partial charge >= 0.3 is 0 Å². The van der Waals surface area contributed by atoms with Gasteiger partial charge in [-0.05, 0) is 18.2 Å². The van der Waals surface area contributed by atoms with Crippen molar-refractivity contribution in [3.63, 3.8) is 0 Å². The van der Waals surface area contributed by atoms with E-state index in [0.717, 1.165) is 11.8 Å². The highest BCUT2D eigenvalue weighted by molar-refractivity contribution is 7.99. The Morgan fingerprint density at radius 2 is 2.26 bits per heavy atom. The molecule has 2 rings (SSSR count). The summed E-state index contributed by atoms with van der Waals surface area (Å²) in [6, 6.07) is 6.91. The van der Waals surface area contributed by atoms with Gasteiger partial charge in [0.05, 0.1) is 5.75 Å². The maximum atomic E-state index is 12.9. The predicted octanol–water partition coefficient (Wildman–Crippen LogP) is 1.64. The quantitative estimate of drug-likeness (QED) is 0.659. The number of rotatable bonds is 4. The van der Waals surface area contributed by atoms with Crippen LogP contribution < -0.4 is 10.9 Å². The maximum absolute atomic E-state index is 12.9. The van der Waals surface area contributed by atoms with Crippen molar-refractivity contribution in [2.45, 2.75) is 5.16 Å². The van der Waals surface area contributed by atoms with Crippen molar-refractivity contribution in [1.82, 2.24) is 9.97 Å². The first-order valence-electron chi connectivity index (χ1n) is 5.37. The van der Waals surface area contributed by atoms with Crippen LogP contribution in [0.15, 0.2) is 46.5 Å². The zero-order chi connectivity index (χ0) is 13.7. The molecule has 0 atom stereocenters. The molecule has 0 unspecified atom stereocenters. The van der Waals surface area contributed by atoms with Crippen LogP contribution in [0.3, 0.4) is 0 Å². The molecule has 1 amide bonds. The third kappa shape index (κ3) is 4.22. The number of nitrogens with zero attached hydrogens (tertiary/aromatic N) is 1. The highest BCUT2D eigenvalue weighted by Gasteiger charge is 2.05. The van der Waals surface area contributed by atoms with Crippen molar-refractivity contribution in [3.8, 4) is 0 Å². The molecule has 0 aliphatic carbocycles.